The lowest BCUT2D eigenvalue weighted by molar-refractivity contribution is 0.209. The molecule has 1 fully saturated rings. The van der Waals surface area contributed by atoms with Crippen molar-refractivity contribution in [1.29, 1.82) is 0 Å². The van der Waals surface area contributed by atoms with Crippen LogP contribution in [0, 0.1) is 0 Å². The van der Waals surface area contributed by atoms with Gasteiger partial charge in [-0.25, -0.2) is 0 Å². The van der Waals surface area contributed by atoms with Crippen LogP contribution in [0.5, 0.6) is 0 Å². The highest BCUT2D eigenvalue weighted by atomic mass is 15.2. The summed E-state index contributed by atoms with van der Waals surface area (Å²) in [6.45, 7) is 7.73. The van der Waals surface area contributed by atoms with E-state index in [1.807, 2.05) is 6.07 Å². The van der Waals surface area contributed by atoms with E-state index in [2.05, 4.69) is 40.3 Å². The van der Waals surface area contributed by atoms with Crippen molar-refractivity contribution in [2.75, 3.05) is 13.1 Å². The number of rotatable bonds is 2. The van der Waals surface area contributed by atoms with Crippen LogP contribution < -0.4 is 5.32 Å². The van der Waals surface area contributed by atoms with Crippen molar-refractivity contribution in [2.24, 2.45) is 0 Å². The van der Waals surface area contributed by atoms with E-state index in [1.54, 1.807) is 6.20 Å². The fourth-order valence-electron chi connectivity index (χ4n) is 2.32. The Bertz CT molecular complexity index is 315. The summed E-state index contributed by atoms with van der Waals surface area (Å²) in [5.41, 5.74) is 1.07. The molecule has 4 nitrogen and oxygen atoms in total. The second-order valence-electron chi connectivity index (χ2n) is 5.04. The van der Waals surface area contributed by atoms with Crippen molar-refractivity contribution in [3.63, 3.8) is 0 Å². The smallest absolute Gasteiger partial charge is 0.0771 e. The number of aromatic nitrogens is 2. The topological polar surface area (TPSA) is 41.1 Å². The summed E-state index contributed by atoms with van der Waals surface area (Å²) >= 11 is 0. The number of hydrogen-bond acceptors (Lipinski definition) is 4. The van der Waals surface area contributed by atoms with Gasteiger partial charge in [0, 0.05) is 37.9 Å². The number of nitrogens with one attached hydrogen (secondary N) is 1. The molecule has 1 aliphatic rings. The summed E-state index contributed by atoms with van der Waals surface area (Å²) in [4.78, 5) is 2.48. The van der Waals surface area contributed by atoms with Crippen LogP contribution in [0.3, 0.4) is 0 Å². The molecular weight excluding hydrogens is 212 g/mol. The summed E-state index contributed by atoms with van der Waals surface area (Å²) in [5.74, 6) is 0. The van der Waals surface area contributed by atoms with Gasteiger partial charge in [-0.15, -0.1) is 0 Å². The van der Waals surface area contributed by atoms with Gasteiger partial charge in [0.1, 0.15) is 0 Å². The van der Waals surface area contributed by atoms with Crippen LogP contribution in [0.2, 0.25) is 0 Å². The maximum absolute atomic E-state index is 4.16. The molecule has 0 saturated carbocycles. The third kappa shape index (κ3) is 4.06. The minimum absolute atomic E-state index is 0.606. The van der Waals surface area contributed by atoms with Gasteiger partial charge in [-0.3, -0.25) is 4.90 Å². The highest BCUT2D eigenvalue weighted by molar-refractivity contribution is 4.99. The van der Waals surface area contributed by atoms with E-state index in [0.29, 0.717) is 12.1 Å². The molecule has 0 bridgehead atoms. The molecule has 2 heterocycles. The van der Waals surface area contributed by atoms with Crippen LogP contribution in [-0.2, 0) is 6.54 Å². The lowest BCUT2D eigenvalue weighted by Gasteiger charge is -2.30. The summed E-state index contributed by atoms with van der Waals surface area (Å²) in [7, 11) is 0. The van der Waals surface area contributed by atoms with Crippen LogP contribution in [-0.4, -0.2) is 40.3 Å². The first-order valence-electron chi connectivity index (χ1n) is 6.49. The van der Waals surface area contributed by atoms with E-state index >= 15 is 0 Å². The summed E-state index contributed by atoms with van der Waals surface area (Å²) < 4.78 is 0. The third-order valence-electron chi connectivity index (χ3n) is 3.34. The van der Waals surface area contributed by atoms with Gasteiger partial charge in [-0.05, 0) is 38.8 Å². The average Bonchev–Trinajstić information content (AvgIpc) is 2.32. The fraction of sp³-hybridized carbons (Fsp3) is 0.692. The van der Waals surface area contributed by atoms with Gasteiger partial charge in [-0.1, -0.05) is 0 Å². The molecule has 1 aromatic rings. The van der Waals surface area contributed by atoms with Gasteiger partial charge in [0.25, 0.3) is 0 Å². The SMILES string of the molecule is CC1CCN(Cc2cccnn2)CCC(C)N1. The first-order chi connectivity index (χ1) is 8.24. The normalized spacial score (nSPS) is 27.4. The van der Waals surface area contributed by atoms with Gasteiger partial charge < -0.3 is 5.32 Å². The van der Waals surface area contributed by atoms with E-state index < -0.39 is 0 Å². The molecule has 0 radical (unpaired) electrons. The molecular formula is C13H22N4. The molecule has 1 aliphatic heterocycles. The van der Waals surface area contributed by atoms with E-state index in [-0.39, 0.29) is 0 Å². The summed E-state index contributed by atoms with van der Waals surface area (Å²) in [5, 5.41) is 11.7. The van der Waals surface area contributed by atoms with Crippen LogP contribution in [0.15, 0.2) is 18.3 Å². The van der Waals surface area contributed by atoms with E-state index in [4.69, 9.17) is 0 Å². The molecule has 0 aliphatic carbocycles. The van der Waals surface area contributed by atoms with Gasteiger partial charge in [0.2, 0.25) is 0 Å². The quantitative estimate of drug-likeness (QED) is 0.840. The van der Waals surface area contributed by atoms with Crippen LogP contribution >= 0.6 is 0 Å². The van der Waals surface area contributed by atoms with Gasteiger partial charge in [-0.2, -0.15) is 10.2 Å². The Kier molecular flexibility index (Phi) is 4.45. The average molecular weight is 234 g/mol. The Labute approximate surface area is 103 Å². The van der Waals surface area contributed by atoms with Crippen molar-refractivity contribution in [3.8, 4) is 0 Å². The largest absolute Gasteiger partial charge is 0.312 e. The van der Waals surface area contributed by atoms with Crippen molar-refractivity contribution in [2.45, 2.75) is 45.3 Å². The molecule has 4 heteroatoms. The first kappa shape index (κ1) is 12.5. The standard InChI is InChI=1S/C13H22N4/c1-11-5-8-17(9-6-12(2)15-11)10-13-4-3-7-14-16-13/h3-4,7,11-12,15H,5-6,8-10H2,1-2H3. The molecule has 1 N–H and O–H groups in total. The summed E-state index contributed by atoms with van der Waals surface area (Å²) in [6.07, 6.45) is 4.13. The molecule has 2 atom stereocenters. The molecule has 2 unspecified atom stereocenters. The minimum Gasteiger partial charge on any atom is -0.312 e. The molecule has 0 aromatic carbocycles. The van der Waals surface area contributed by atoms with E-state index in [9.17, 15) is 0 Å². The van der Waals surface area contributed by atoms with Gasteiger partial charge in [0.05, 0.1) is 5.69 Å². The minimum atomic E-state index is 0.606. The second-order valence-corrected chi connectivity index (χ2v) is 5.04. The first-order valence-corrected chi connectivity index (χ1v) is 6.49. The molecule has 0 amide bonds. The highest BCUT2D eigenvalue weighted by Crippen LogP contribution is 2.09. The maximum Gasteiger partial charge on any atom is 0.0771 e. The van der Waals surface area contributed by atoms with Gasteiger partial charge in [0.15, 0.2) is 0 Å². The summed E-state index contributed by atoms with van der Waals surface area (Å²) in [6, 6.07) is 5.22. The Morgan fingerprint density at radius 3 is 2.59 bits per heavy atom. The molecule has 1 aromatic heterocycles. The third-order valence-corrected chi connectivity index (χ3v) is 3.34. The van der Waals surface area contributed by atoms with Crippen molar-refractivity contribution in [3.05, 3.63) is 24.0 Å². The highest BCUT2D eigenvalue weighted by Gasteiger charge is 2.16. The van der Waals surface area contributed by atoms with Gasteiger partial charge >= 0.3 is 0 Å². The van der Waals surface area contributed by atoms with E-state index in [1.165, 1.54) is 12.8 Å². The molecule has 1 saturated heterocycles. The van der Waals surface area contributed by atoms with E-state index in [0.717, 1.165) is 25.3 Å². The number of hydrogen-bond donors (Lipinski definition) is 1. The lowest BCUT2D eigenvalue weighted by Crippen LogP contribution is -2.42. The van der Waals surface area contributed by atoms with Crippen LogP contribution in [0.25, 0.3) is 0 Å². The van der Waals surface area contributed by atoms with Crippen LogP contribution in [0.1, 0.15) is 32.4 Å². The maximum atomic E-state index is 4.16. The zero-order valence-electron chi connectivity index (χ0n) is 10.8. The Morgan fingerprint density at radius 1 is 1.29 bits per heavy atom. The zero-order valence-corrected chi connectivity index (χ0v) is 10.8. The Morgan fingerprint density at radius 2 is 2.00 bits per heavy atom. The van der Waals surface area contributed by atoms with Crippen molar-refractivity contribution in [1.82, 2.24) is 20.4 Å². The molecule has 94 valence electrons. The van der Waals surface area contributed by atoms with Crippen LogP contribution in [0.4, 0.5) is 0 Å². The van der Waals surface area contributed by atoms with Crippen molar-refractivity contribution >= 4 is 0 Å². The fourth-order valence-corrected chi connectivity index (χ4v) is 2.32. The van der Waals surface area contributed by atoms with Crippen molar-refractivity contribution < 1.29 is 0 Å². The predicted octanol–water partition coefficient (Wildman–Crippen LogP) is 1.44. The number of nitrogens with zero attached hydrogens (tertiary/aromatic N) is 3. The molecule has 17 heavy (non-hydrogen) atoms. The Hall–Kier alpha value is -1.00. The second kappa shape index (κ2) is 6.07. The Balaban J connectivity index is 1.91. The molecule has 0 spiro atoms. The zero-order chi connectivity index (χ0) is 12.1. The lowest BCUT2D eigenvalue weighted by atomic mass is 10.1. The predicted molar refractivity (Wildman–Crippen MR) is 68.6 cm³/mol. The molecule has 2 rings (SSSR count). The monoisotopic (exact) mass is 234 g/mol.